The lowest BCUT2D eigenvalue weighted by molar-refractivity contribution is 0.0910. The molecule has 1 aromatic carbocycles. The van der Waals surface area contributed by atoms with Crippen molar-refractivity contribution >= 4 is 5.91 Å². The molecule has 2 aromatic rings. The summed E-state index contributed by atoms with van der Waals surface area (Å²) in [6.07, 6.45) is 3.34. The summed E-state index contributed by atoms with van der Waals surface area (Å²) in [7, 11) is 0. The van der Waals surface area contributed by atoms with E-state index in [0.717, 1.165) is 5.69 Å². The first kappa shape index (κ1) is 14.3. The standard InChI is InChI=1S/C16H21N3O/c1-12(16(2,3)4)18-15(20)13-10-17-19(11-13)14-8-6-5-7-9-14/h5-12H,1-4H3,(H,18,20). The zero-order valence-corrected chi connectivity index (χ0v) is 12.4. The second-order valence-electron chi connectivity index (χ2n) is 6.07. The second kappa shape index (κ2) is 5.49. The van der Waals surface area contributed by atoms with Crippen LogP contribution in [0.3, 0.4) is 0 Å². The molecule has 106 valence electrons. The minimum Gasteiger partial charge on any atom is -0.349 e. The summed E-state index contributed by atoms with van der Waals surface area (Å²) in [5.41, 5.74) is 1.55. The zero-order chi connectivity index (χ0) is 14.8. The van der Waals surface area contributed by atoms with E-state index < -0.39 is 0 Å². The molecule has 0 bridgehead atoms. The van der Waals surface area contributed by atoms with Gasteiger partial charge in [0.1, 0.15) is 0 Å². The normalized spacial score (nSPS) is 13.0. The number of benzene rings is 1. The lowest BCUT2D eigenvalue weighted by atomic mass is 9.88. The van der Waals surface area contributed by atoms with Gasteiger partial charge in [-0.05, 0) is 24.5 Å². The molecule has 1 aromatic heterocycles. The van der Waals surface area contributed by atoms with Gasteiger partial charge in [-0.1, -0.05) is 39.0 Å². The zero-order valence-electron chi connectivity index (χ0n) is 12.4. The molecule has 0 aliphatic heterocycles. The molecule has 0 aliphatic carbocycles. The second-order valence-corrected chi connectivity index (χ2v) is 6.07. The van der Waals surface area contributed by atoms with Crippen LogP contribution in [0.25, 0.3) is 5.69 Å². The van der Waals surface area contributed by atoms with E-state index in [1.54, 1.807) is 17.1 Å². The van der Waals surface area contributed by atoms with E-state index in [1.165, 1.54) is 0 Å². The Morgan fingerprint density at radius 3 is 2.50 bits per heavy atom. The highest BCUT2D eigenvalue weighted by Crippen LogP contribution is 2.19. The molecule has 0 aliphatic rings. The van der Waals surface area contributed by atoms with E-state index in [2.05, 4.69) is 31.2 Å². The molecule has 2 rings (SSSR count). The molecule has 1 N–H and O–H groups in total. The van der Waals surface area contributed by atoms with Gasteiger partial charge >= 0.3 is 0 Å². The van der Waals surface area contributed by atoms with Crippen molar-refractivity contribution in [3.8, 4) is 5.69 Å². The molecule has 0 fully saturated rings. The van der Waals surface area contributed by atoms with E-state index in [1.807, 2.05) is 37.3 Å². The van der Waals surface area contributed by atoms with Crippen LogP contribution in [0, 0.1) is 5.41 Å². The van der Waals surface area contributed by atoms with Gasteiger partial charge in [-0.15, -0.1) is 0 Å². The number of hydrogen-bond acceptors (Lipinski definition) is 2. The van der Waals surface area contributed by atoms with Crippen LogP contribution in [0.1, 0.15) is 38.1 Å². The molecule has 0 saturated heterocycles. The Balaban J connectivity index is 2.11. The SMILES string of the molecule is CC(NC(=O)c1cnn(-c2ccccc2)c1)C(C)(C)C. The maximum atomic E-state index is 12.2. The number of nitrogens with one attached hydrogen (secondary N) is 1. The van der Waals surface area contributed by atoms with E-state index in [4.69, 9.17) is 0 Å². The maximum Gasteiger partial charge on any atom is 0.254 e. The van der Waals surface area contributed by atoms with Crippen molar-refractivity contribution in [1.82, 2.24) is 15.1 Å². The largest absolute Gasteiger partial charge is 0.349 e. The number of rotatable bonds is 3. The van der Waals surface area contributed by atoms with Crippen molar-refractivity contribution in [3.63, 3.8) is 0 Å². The fourth-order valence-electron chi connectivity index (χ4n) is 1.66. The molecule has 20 heavy (non-hydrogen) atoms. The van der Waals surface area contributed by atoms with Gasteiger partial charge in [0.15, 0.2) is 0 Å². The molecular formula is C16H21N3O. The van der Waals surface area contributed by atoms with Gasteiger partial charge in [0, 0.05) is 12.2 Å². The van der Waals surface area contributed by atoms with Gasteiger partial charge in [-0.2, -0.15) is 5.10 Å². The van der Waals surface area contributed by atoms with Crippen molar-refractivity contribution in [1.29, 1.82) is 0 Å². The molecule has 0 radical (unpaired) electrons. The van der Waals surface area contributed by atoms with Crippen molar-refractivity contribution in [2.24, 2.45) is 5.41 Å². The third-order valence-electron chi connectivity index (χ3n) is 3.51. The monoisotopic (exact) mass is 271 g/mol. The van der Waals surface area contributed by atoms with Crippen molar-refractivity contribution in [2.45, 2.75) is 33.7 Å². The number of nitrogens with zero attached hydrogens (tertiary/aromatic N) is 2. The summed E-state index contributed by atoms with van der Waals surface area (Å²) in [6.45, 7) is 8.32. The third-order valence-corrected chi connectivity index (χ3v) is 3.51. The van der Waals surface area contributed by atoms with Gasteiger partial charge in [0.05, 0.1) is 17.4 Å². The first-order valence-electron chi connectivity index (χ1n) is 6.79. The fraction of sp³-hybridized carbons (Fsp3) is 0.375. The molecule has 4 heteroatoms. The number of para-hydroxylation sites is 1. The molecule has 1 heterocycles. The van der Waals surface area contributed by atoms with Gasteiger partial charge in [-0.25, -0.2) is 4.68 Å². The van der Waals surface area contributed by atoms with E-state index in [-0.39, 0.29) is 17.4 Å². The summed E-state index contributed by atoms with van der Waals surface area (Å²) < 4.78 is 1.71. The predicted octanol–water partition coefficient (Wildman–Crippen LogP) is 3.04. The summed E-state index contributed by atoms with van der Waals surface area (Å²) >= 11 is 0. The number of hydrogen-bond donors (Lipinski definition) is 1. The van der Waals surface area contributed by atoms with Gasteiger partial charge in [-0.3, -0.25) is 4.79 Å². The number of amides is 1. The lowest BCUT2D eigenvalue weighted by Crippen LogP contribution is -2.41. The van der Waals surface area contributed by atoms with Crippen LogP contribution >= 0.6 is 0 Å². The molecule has 0 spiro atoms. The Bertz CT molecular complexity index is 581. The number of carbonyl (C=O) groups excluding carboxylic acids is 1. The van der Waals surface area contributed by atoms with Crippen molar-refractivity contribution in [3.05, 3.63) is 48.3 Å². The Hall–Kier alpha value is -2.10. The summed E-state index contributed by atoms with van der Waals surface area (Å²) in [6, 6.07) is 9.83. The highest BCUT2D eigenvalue weighted by atomic mass is 16.1. The first-order chi connectivity index (χ1) is 9.38. The van der Waals surface area contributed by atoms with Crippen LogP contribution in [-0.4, -0.2) is 21.7 Å². The topological polar surface area (TPSA) is 46.9 Å². The summed E-state index contributed by atoms with van der Waals surface area (Å²) in [5, 5.41) is 7.24. The predicted molar refractivity (Wildman–Crippen MR) is 79.9 cm³/mol. The smallest absolute Gasteiger partial charge is 0.254 e. The van der Waals surface area contributed by atoms with Crippen LogP contribution in [0.4, 0.5) is 0 Å². The van der Waals surface area contributed by atoms with Gasteiger partial charge < -0.3 is 5.32 Å². The Kier molecular flexibility index (Phi) is 3.93. The lowest BCUT2D eigenvalue weighted by Gasteiger charge is -2.27. The molecule has 1 atom stereocenters. The molecule has 1 unspecified atom stereocenters. The van der Waals surface area contributed by atoms with E-state index in [0.29, 0.717) is 5.56 Å². The van der Waals surface area contributed by atoms with Crippen LogP contribution in [-0.2, 0) is 0 Å². The molecule has 0 saturated carbocycles. The van der Waals surface area contributed by atoms with Crippen LogP contribution in [0.2, 0.25) is 0 Å². The Morgan fingerprint density at radius 1 is 1.25 bits per heavy atom. The third kappa shape index (κ3) is 3.26. The van der Waals surface area contributed by atoms with Crippen LogP contribution < -0.4 is 5.32 Å². The number of aromatic nitrogens is 2. The highest BCUT2D eigenvalue weighted by Gasteiger charge is 2.22. The quantitative estimate of drug-likeness (QED) is 0.932. The van der Waals surface area contributed by atoms with Crippen LogP contribution in [0.5, 0.6) is 0 Å². The van der Waals surface area contributed by atoms with Gasteiger partial charge in [0.2, 0.25) is 0 Å². The molecular weight excluding hydrogens is 250 g/mol. The maximum absolute atomic E-state index is 12.2. The fourth-order valence-corrected chi connectivity index (χ4v) is 1.66. The van der Waals surface area contributed by atoms with E-state index >= 15 is 0 Å². The molecule has 4 nitrogen and oxygen atoms in total. The average molecular weight is 271 g/mol. The Labute approximate surface area is 119 Å². The van der Waals surface area contributed by atoms with E-state index in [9.17, 15) is 4.79 Å². The summed E-state index contributed by atoms with van der Waals surface area (Å²) in [5.74, 6) is -0.0883. The molecule has 1 amide bonds. The first-order valence-corrected chi connectivity index (χ1v) is 6.79. The Morgan fingerprint density at radius 2 is 1.90 bits per heavy atom. The van der Waals surface area contributed by atoms with Crippen molar-refractivity contribution in [2.75, 3.05) is 0 Å². The van der Waals surface area contributed by atoms with Crippen LogP contribution in [0.15, 0.2) is 42.7 Å². The summed E-state index contributed by atoms with van der Waals surface area (Å²) in [4.78, 5) is 12.2. The van der Waals surface area contributed by atoms with Gasteiger partial charge in [0.25, 0.3) is 5.91 Å². The number of carbonyl (C=O) groups is 1. The minimum atomic E-state index is -0.0883. The minimum absolute atomic E-state index is 0.0328. The highest BCUT2D eigenvalue weighted by molar-refractivity contribution is 5.94. The van der Waals surface area contributed by atoms with Crippen molar-refractivity contribution < 1.29 is 4.79 Å². The average Bonchev–Trinajstić information content (AvgIpc) is 2.88.